The summed E-state index contributed by atoms with van der Waals surface area (Å²) in [4.78, 5) is 12.4. The number of ether oxygens (including phenoxy) is 1. The Morgan fingerprint density at radius 2 is 1.96 bits per heavy atom. The van der Waals surface area contributed by atoms with Crippen molar-refractivity contribution in [1.29, 1.82) is 0 Å². The van der Waals surface area contributed by atoms with Crippen molar-refractivity contribution < 1.29 is 9.53 Å². The van der Waals surface area contributed by atoms with Crippen LogP contribution in [0.1, 0.15) is 28.8 Å². The van der Waals surface area contributed by atoms with Gasteiger partial charge in [-0.05, 0) is 48.8 Å². The zero-order valence-electron chi connectivity index (χ0n) is 14.5. The summed E-state index contributed by atoms with van der Waals surface area (Å²) in [5.74, 6) is -0.115. The first-order chi connectivity index (χ1) is 12.7. The molecule has 1 aliphatic rings. The summed E-state index contributed by atoms with van der Waals surface area (Å²) in [5.41, 5.74) is 2.43. The van der Waals surface area contributed by atoms with Crippen molar-refractivity contribution in [2.45, 2.75) is 25.5 Å². The molecule has 0 radical (unpaired) electrons. The van der Waals surface area contributed by atoms with E-state index >= 15 is 0 Å². The number of hydrogen-bond acceptors (Lipinski definition) is 3. The number of nitrogens with one attached hydrogen (secondary N) is 3. The predicted molar refractivity (Wildman–Crippen MR) is 107 cm³/mol. The third-order valence-electron chi connectivity index (χ3n) is 4.19. The quantitative estimate of drug-likeness (QED) is 0.683. The van der Waals surface area contributed by atoms with Crippen LogP contribution < -0.4 is 16.0 Å². The number of carbonyl (C=O) groups excluding carboxylic acids is 1. The number of thiocarbonyl (C=S) groups is 1. The molecule has 0 aliphatic carbocycles. The molecule has 6 heteroatoms. The van der Waals surface area contributed by atoms with Crippen molar-refractivity contribution in [1.82, 2.24) is 10.6 Å². The third-order valence-corrected chi connectivity index (χ3v) is 4.44. The summed E-state index contributed by atoms with van der Waals surface area (Å²) >= 11 is 5.32. The summed E-state index contributed by atoms with van der Waals surface area (Å²) < 4.78 is 5.56. The number of rotatable bonds is 6. The lowest BCUT2D eigenvalue weighted by Gasteiger charge is -2.14. The van der Waals surface area contributed by atoms with E-state index in [1.54, 1.807) is 12.1 Å². The second-order valence-corrected chi connectivity index (χ2v) is 6.63. The zero-order valence-corrected chi connectivity index (χ0v) is 15.4. The van der Waals surface area contributed by atoms with Gasteiger partial charge in [-0.25, -0.2) is 0 Å². The van der Waals surface area contributed by atoms with Gasteiger partial charge in [-0.1, -0.05) is 36.4 Å². The second kappa shape index (κ2) is 9.31. The first-order valence-corrected chi connectivity index (χ1v) is 9.20. The van der Waals surface area contributed by atoms with Gasteiger partial charge in [0.15, 0.2) is 5.11 Å². The molecule has 1 heterocycles. The highest BCUT2D eigenvalue weighted by Crippen LogP contribution is 2.12. The van der Waals surface area contributed by atoms with E-state index < -0.39 is 0 Å². The molecule has 5 nitrogen and oxygen atoms in total. The smallest absolute Gasteiger partial charge is 0.251 e. The molecule has 0 bridgehead atoms. The van der Waals surface area contributed by atoms with E-state index in [0.29, 0.717) is 23.8 Å². The maximum atomic E-state index is 12.4. The SMILES string of the molecule is O=C(NCc1ccccc1)c1cccc(NC(=S)NC[C@@H]2CCCO2)c1. The minimum Gasteiger partial charge on any atom is -0.376 e. The molecule has 3 rings (SSSR count). The Balaban J connectivity index is 1.50. The number of amides is 1. The van der Waals surface area contributed by atoms with Crippen LogP contribution in [0.2, 0.25) is 0 Å². The largest absolute Gasteiger partial charge is 0.376 e. The van der Waals surface area contributed by atoms with Crippen LogP contribution in [-0.4, -0.2) is 30.3 Å². The topological polar surface area (TPSA) is 62.4 Å². The summed E-state index contributed by atoms with van der Waals surface area (Å²) in [6.07, 6.45) is 2.39. The monoisotopic (exact) mass is 369 g/mol. The van der Waals surface area contributed by atoms with Crippen molar-refractivity contribution in [2.24, 2.45) is 0 Å². The fourth-order valence-corrected chi connectivity index (χ4v) is 3.01. The van der Waals surface area contributed by atoms with Gasteiger partial charge in [-0.15, -0.1) is 0 Å². The van der Waals surface area contributed by atoms with Gasteiger partial charge in [-0.2, -0.15) is 0 Å². The second-order valence-electron chi connectivity index (χ2n) is 6.22. The van der Waals surface area contributed by atoms with E-state index in [2.05, 4.69) is 16.0 Å². The highest BCUT2D eigenvalue weighted by molar-refractivity contribution is 7.80. The minimum atomic E-state index is -0.115. The molecule has 1 atom stereocenters. The van der Waals surface area contributed by atoms with Crippen molar-refractivity contribution in [2.75, 3.05) is 18.5 Å². The lowest BCUT2D eigenvalue weighted by Crippen LogP contribution is -2.34. The summed E-state index contributed by atoms with van der Waals surface area (Å²) in [5, 5.41) is 9.74. The average Bonchev–Trinajstić information content (AvgIpc) is 3.19. The highest BCUT2D eigenvalue weighted by Gasteiger charge is 2.15. The number of anilines is 1. The van der Waals surface area contributed by atoms with Crippen LogP contribution >= 0.6 is 12.2 Å². The van der Waals surface area contributed by atoms with Gasteiger partial charge in [-0.3, -0.25) is 4.79 Å². The number of carbonyl (C=O) groups is 1. The Morgan fingerprint density at radius 1 is 1.12 bits per heavy atom. The van der Waals surface area contributed by atoms with Crippen molar-refractivity contribution in [3.63, 3.8) is 0 Å². The Kier molecular flexibility index (Phi) is 6.57. The molecule has 3 N–H and O–H groups in total. The van der Waals surface area contributed by atoms with Crippen molar-refractivity contribution >= 4 is 28.9 Å². The molecule has 2 aromatic carbocycles. The fraction of sp³-hybridized carbons (Fsp3) is 0.300. The first-order valence-electron chi connectivity index (χ1n) is 8.79. The van der Waals surface area contributed by atoms with Crippen LogP contribution in [0.15, 0.2) is 54.6 Å². The molecule has 2 aromatic rings. The average molecular weight is 369 g/mol. The molecular formula is C20H23N3O2S. The summed E-state index contributed by atoms with van der Waals surface area (Å²) in [7, 11) is 0. The highest BCUT2D eigenvalue weighted by atomic mass is 32.1. The van der Waals surface area contributed by atoms with Crippen LogP contribution in [0.5, 0.6) is 0 Å². The van der Waals surface area contributed by atoms with Gasteiger partial charge >= 0.3 is 0 Å². The van der Waals surface area contributed by atoms with Crippen molar-refractivity contribution in [3.05, 3.63) is 65.7 Å². The Labute approximate surface area is 159 Å². The molecule has 136 valence electrons. The van der Waals surface area contributed by atoms with Crippen molar-refractivity contribution in [3.8, 4) is 0 Å². The van der Waals surface area contributed by atoms with Gasteiger partial charge in [0, 0.05) is 30.9 Å². The molecule has 26 heavy (non-hydrogen) atoms. The van der Waals surface area contributed by atoms with Crippen LogP contribution in [-0.2, 0) is 11.3 Å². The normalized spacial score (nSPS) is 16.1. The van der Waals surface area contributed by atoms with Gasteiger partial charge in [0.05, 0.1) is 6.10 Å². The van der Waals surface area contributed by atoms with Gasteiger partial charge in [0.2, 0.25) is 0 Å². The lowest BCUT2D eigenvalue weighted by atomic mass is 10.1. The number of hydrogen-bond donors (Lipinski definition) is 3. The van der Waals surface area contributed by atoms with E-state index in [1.807, 2.05) is 42.5 Å². The van der Waals surface area contributed by atoms with E-state index in [9.17, 15) is 4.79 Å². The first kappa shape index (κ1) is 18.4. The molecule has 1 amide bonds. The molecule has 0 unspecified atom stereocenters. The number of benzene rings is 2. The third kappa shape index (κ3) is 5.54. The van der Waals surface area contributed by atoms with Crippen LogP contribution in [0.4, 0.5) is 5.69 Å². The molecule has 0 spiro atoms. The molecule has 1 saturated heterocycles. The van der Waals surface area contributed by atoms with Crippen LogP contribution in [0.3, 0.4) is 0 Å². The minimum absolute atomic E-state index is 0.115. The lowest BCUT2D eigenvalue weighted by molar-refractivity contribution is 0.0951. The molecule has 1 fully saturated rings. The molecular weight excluding hydrogens is 346 g/mol. The van der Waals surface area contributed by atoms with E-state index in [4.69, 9.17) is 17.0 Å². The van der Waals surface area contributed by atoms with Crippen LogP contribution in [0, 0.1) is 0 Å². The Morgan fingerprint density at radius 3 is 2.73 bits per heavy atom. The zero-order chi connectivity index (χ0) is 18.2. The summed E-state index contributed by atoms with van der Waals surface area (Å²) in [6, 6.07) is 17.1. The molecule has 0 aromatic heterocycles. The standard InChI is InChI=1S/C20H23N3O2S/c24-19(21-13-15-6-2-1-3-7-15)16-8-4-9-17(12-16)23-20(26)22-14-18-10-5-11-25-18/h1-4,6-9,12,18H,5,10-11,13-14H2,(H,21,24)(H2,22,23,26)/t18-/m0/s1. The Bertz CT molecular complexity index is 746. The molecule has 0 saturated carbocycles. The summed E-state index contributed by atoms with van der Waals surface area (Å²) in [6.45, 7) is 2.02. The maximum absolute atomic E-state index is 12.4. The van der Waals surface area contributed by atoms with E-state index in [0.717, 1.165) is 30.7 Å². The van der Waals surface area contributed by atoms with Gasteiger partial charge < -0.3 is 20.7 Å². The van der Waals surface area contributed by atoms with E-state index in [1.165, 1.54) is 0 Å². The van der Waals surface area contributed by atoms with Crippen LogP contribution in [0.25, 0.3) is 0 Å². The van der Waals surface area contributed by atoms with Gasteiger partial charge in [0.25, 0.3) is 5.91 Å². The predicted octanol–water partition coefficient (Wildman–Crippen LogP) is 3.08. The maximum Gasteiger partial charge on any atom is 0.251 e. The Hall–Kier alpha value is -2.44. The molecule has 1 aliphatic heterocycles. The van der Waals surface area contributed by atoms with Gasteiger partial charge in [0.1, 0.15) is 0 Å². The van der Waals surface area contributed by atoms with E-state index in [-0.39, 0.29) is 12.0 Å². The fourth-order valence-electron chi connectivity index (χ4n) is 2.81.